The molecule has 0 saturated carbocycles. The Balaban J connectivity index is 1.34. The number of nitrogens with zero attached hydrogens (tertiary/aromatic N) is 2. The maximum absolute atomic E-state index is 13.1. The normalized spacial score (nSPS) is 16.1. The number of likely N-dealkylation sites (tertiary alicyclic amines) is 1. The number of ether oxygens (including phenoxy) is 1. The Hall–Kier alpha value is -3.12. The number of rotatable bonds is 6. The number of amides is 2. The fraction of sp³-hybridized carbons (Fsp3) is 0.320. The summed E-state index contributed by atoms with van der Waals surface area (Å²) in [4.78, 5) is 31.8. The number of aromatic nitrogens is 1. The smallest absolute Gasteiger partial charge is 0.253 e. The minimum atomic E-state index is -0.0870. The topological polar surface area (TPSA) is 71.5 Å². The lowest BCUT2D eigenvalue weighted by Gasteiger charge is -2.33. The highest BCUT2D eigenvalue weighted by Gasteiger charge is 2.25. The van der Waals surface area contributed by atoms with Crippen LogP contribution in [0, 0.1) is 5.92 Å². The van der Waals surface area contributed by atoms with Gasteiger partial charge in [0.15, 0.2) is 0 Å². The summed E-state index contributed by atoms with van der Waals surface area (Å²) in [6.07, 6.45) is 4.80. The Morgan fingerprint density at radius 2 is 2.09 bits per heavy atom. The molecule has 2 aromatic carbocycles. The first-order valence-corrected chi connectivity index (χ1v) is 11.2. The third-order valence-corrected chi connectivity index (χ3v) is 6.11. The highest BCUT2D eigenvalue weighted by molar-refractivity contribution is 6.31. The van der Waals surface area contributed by atoms with E-state index in [4.69, 9.17) is 16.3 Å². The number of carbonyl (C=O) groups is 2. The van der Waals surface area contributed by atoms with E-state index in [9.17, 15) is 9.59 Å². The standard InChI is InChI=1S/C25H26ClN3O3/c1-32-23-10-8-20(26)15-22(23)28-24(30)11-6-17-4-3-13-29(16-17)25(31)19-7-9-21-18(14-19)5-2-12-27-21/h2,5,7-10,12,14-15,17H,3-4,6,11,13,16H2,1H3,(H,28,30)/t17-/m0/s1. The van der Waals surface area contributed by atoms with Gasteiger partial charge in [0.05, 0.1) is 18.3 Å². The largest absolute Gasteiger partial charge is 0.495 e. The van der Waals surface area contributed by atoms with E-state index in [0.717, 1.165) is 36.7 Å². The van der Waals surface area contributed by atoms with E-state index in [1.165, 1.54) is 0 Å². The van der Waals surface area contributed by atoms with E-state index in [-0.39, 0.29) is 11.8 Å². The van der Waals surface area contributed by atoms with Gasteiger partial charge in [-0.25, -0.2) is 0 Å². The number of pyridine rings is 1. The third kappa shape index (κ3) is 5.19. The van der Waals surface area contributed by atoms with Crippen molar-refractivity contribution >= 4 is 40.0 Å². The van der Waals surface area contributed by atoms with Crippen LogP contribution in [0.4, 0.5) is 5.69 Å². The molecule has 0 spiro atoms. The SMILES string of the molecule is COc1ccc(Cl)cc1NC(=O)CC[C@@H]1CCCN(C(=O)c2ccc3ncccc3c2)C1. The van der Waals surface area contributed by atoms with Gasteiger partial charge in [-0.3, -0.25) is 14.6 Å². The lowest BCUT2D eigenvalue weighted by Crippen LogP contribution is -2.40. The van der Waals surface area contributed by atoms with Gasteiger partial charge in [-0.15, -0.1) is 0 Å². The Kier molecular flexibility index (Phi) is 6.90. The minimum absolute atomic E-state index is 0.0357. The number of carbonyl (C=O) groups excluding carboxylic acids is 2. The van der Waals surface area contributed by atoms with E-state index in [1.54, 1.807) is 31.5 Å². The molecule has 166 valence electrons. The van der Waals surface area contributed by atoms with E-state index >= 15 is 0 Å². The van der Waals surface area contributed by atoms with Gasteiger partial charge in [-0.2, -0.15) is 0 Å². The van der Waals surface area contributed by atoms with Crippen LogP contribution in [0.5, 0.6) is 5.75 Å². The number of anilines is 1. The highest BCUT2D eigenvalue weighted by Crippen LogP contribution is 2.28. The molecule has 2 amide bonds. The van der Waals surface area contributed by atoms with Crippen molar-refractivity contribution in [3.05, 3.63) is 65.3 Å². The maximum atomic E-state index is 13.1. The van der Waals surface area contributed by atoms with Crippen molar-refractivity contribution in [1.29, 1.82) is 0 Å². The molecular formula is C25H26ClN3O3. The lowest BCUT2D eigenvalue weighted by molar-refractivity contribution is -0.116. The average molecular weight is 452 g/mol. The minimum Gasteiger partial charge on any atom is -0.495 e. The second kappa shape index (κ2) is 10.0. The fourth-order valence-electron chi connectivity index (χ4n) is 4.20. The van der Waals surface area contributed by atoms with Crippen molar-refractivity contribution in [3.63, 3.8) is 0 Å². The molecule has 1 aliphatic rings. The van der Waals surface area contributed by atoms with Crippen LogP contribution in [0.2, 0.25) is 5.02 Å². The van der Waals surface area contributed by atoms with E-state index in [1.807, 2.05) is 35.2 Å². The number of halogens is 1. The van der Waals surface area contributed by atoms with Gasteiger partial charge >= 0.3 is 0 Å². The summed E-state index contributed by atoms with van der Waals surface area (Å²) in [6, 6.07) is 14.6. The molecule has 0 unspecified atom stereocenters. The molecule has 1 fully saturated rings. The number of methoxy groups -OCH3 is 1. The average Bonchev–Trinajstić information content (AvgIpc) is 2.82. The van der Waals surface area contributed by atoms with Crippen LogP contribution in [0.25, 0.3) is 10.9 Å². The van der Waals surface area contributed by atoms with E-state index < -0.39 is 0 Å². The first-order valence-electron chi connectivity index (χ1n) is 10.8. The van der Waals surface area contributed by atoms with Crippen LogP contribution in [-0.4, -0.2) is 41.9 Å². The first-order chi connectivity index (χ1) is 15.5. The van der Waals surface area contributed by atoms with E-state index in [0.29, 0.717) is 40.9 Å². The predicted molar refractivity (Wildman–Crippen MR) is 126 cm³/mol. The predicted octanol–water partition coefficient (Wildman–Crippen LogP) is 5.17. The molecular weight excluding hydrogens is 426 g/mol. The molecule has 1 saturated heterocycles. The summed E-state index contributed by atoms with van der Waals surface area (Å²) in [5, 5.41) is 4.38. The third-order valence-electron chi connectivity index (χ3n) is 5.87. The van der Waals surface area contributed by atoms with Crippen LogP contribution in [0.1, 0.15) is 36.0 Å². The molecule has 2 heterocycles. The van der Waals surface area contributed by atoms with Gasteiger partial charge < -0.3 is 15.0 Å². The molecule has 6 nitrogen and oxygen atoms in total. The van der Waals surface area contributed by atoms with Gasteiger partial charge in [0.1, 0.15) is 5.75 Å². The molecule has 1 aromatic heterocycles. The van der Waals surface area contributed by atoms with Crippen molar-refractivity contribution in [1.82, 2.24) is 9.88 Å². The summed E-state index contributed by atoms with van der Waals surface area (Å²) in [5.41, 5.74) is 2.12. The van der Waals surface area contributed by atoms with Crippen LogP contribution < -0.4 is 10.1 Å². The molecule has 0 radical (unpaired) electrons. The molecule has 1 atom stereocenters. The second-order valence-electron chi connectivity index (χ2n) is 8.10. The zero-order chi connectivity index (χ0) is 22.5. The van der Waals surface area contributed by atoms with Crippen molar-refractivity contribution in [2.24, 2.45) is 5.92 Å². The first kappa shape index (κ1) is 22.1. The molecule has 0 aliphatic carbocycles. The van der Waals surface area contributed by atoms with Crippen LogP contribution in [0.3, 0.4) is 0 Å². The van der Waals surface area contributed by atoms with Crippen molar-refractivity contribution in [3.8, 4) is 5.75 Å². The number of hydrogen-bond acceptors (Lipinski definition) is 4. The molecule has 3 aromatic rings. The van der Waals surface area contributed by atoms with Crippen molar-refractivity contribution < 1.29 is 14.3 Å². The number of hydrogen-bond donors (Lipinski definition) is 1. The number of piperidine rings is 1. The number of benzene rings is 2. The molecule has 1 N–H and O–H groups in total. The van der Waals surface area contributed by atoms with Gasteiger partial charge in [-0.1, -0.05) is 17.7 Å². The Morgan fingerprint density at radius 3 is 2.94 bits per heavy atom. The van der Waals surface area contributed by atoms with Gasteiger partial charge in [-0.05, 0) is 67.6 Å². The van der Waals surface area contributed by atoms with Gasteiger partial charge in [0.25, 0.3) is 5.91 Å². The van der Waals surface area contributed by atoms with Crippen molar-refractivity contribution in [2.75, 3.05) is 25.5 Å². The Bertz CT molecular complexity index is 1130. The maximum Gasteiger partial charge on any atom is 0.253 e. The quantitative estimate of drug-likeness (QED) is 0.561. The number of fused-ring (bicyclic) bond motifs is 1. The molecule has 7 heteroatoms. The summed E-state index contributed by atoms with van der Waals surface area (Å²) in [7, 11) is 1.55. The van der Waals surface area contributed by atoms with Crippen LogP contribution in [0.15, 0.2) is 54.7 Å². The van der Waals surface area contributed by atoms with Gasteiger partial charge in [0.2, 0.25) is 5.91 Å². The van der Waals surface area contributed by atoms with Crippen LogP contribution >= 0.6 is 11.6 Å². The zero-order valence-electron chi connectivity index (χ0n) is 18.0. The molecule has 0 bridgehead atoms. The molecule has 4 rings (SSSR count). The summed E-state index contributed by atoms with van der Waals surface area (Å²) in [6.45, 7) is 1.41. The summed E-state index contributed by atoms with van der Waals surface area (Å²) in [5.74, 6) is 0.814. The van der Waals surface area contributed by atoms with Crippen LogP contribution in [-0.2, 0) is 4.79 Å². The number of nitrogens with one attached hydrogen (secondary N) is 1. The monoisotopic (exact) mass is 451 g/mol. The molecule has 1 aliphatic heterocycles. The Morgan fingerprint density at radius 1 is 1.22 bits per heavy atom. The zero-order valence-corrected chi connectivity index (χ0v) is 18.8. The lowest BCUT2D eigenvalue weighted by atomic mass is 9.92. The Labute approximate surface area is 192 Å². The molecule has 32 heavy (non-hydrogen) atoms. The second-order valence-corrected chi connectivity index (χ2v) is 8.54. The van der Waals surface area contributed by atoms with Gasteiger partial charge in [0, 0.05) is 41.7 Å². The van der Waals surface area contributed by atoms with Crippen molar-refractivity contribution in [2.45, 2.75) is 25.7 Å². The summed E-state index contributed by atoms with van der Waals surface area (Å²) < 4.78 is 5.28. The van der Waals surface area contributed by atoms with E-state index in [2.05, 4.69) is 10.3 Å². The fourth-order valence-corrected chi connectivity index (χ4v) is 4.37. The highest BCUT2D eigenvalue weighted by atomic mass is 35.5. The summed E-state index contributed by atoms with van der Waals surface area (Å²) >= 11 is 6.04.